The van der Waals surface area contributed by atoms with Crippen LogP contribution >= 0.6 is 11.6 Å². The van der Waals surface area contributed by atoms with E-state index in [9.17, 15) is 13.2 Å². The van der Waals surface area contributed by atoms with Gasteiger partial charge in [-0.3, -0.25) is 4.31 Å². The third-order valence-corrected chi connectivity index (χ3v) is 6.20. The van der Waals surface area contributed by atoms with Crippen LogP contribution in [0.25, 0.3) is 0 Å². The molecule has 7 heteroatoms. The first-order chi connectivity index (χ1) is 13.4. The Kier molecular flexibility index (Phi) is 6.02. The second-order valence-electron chi connectivity index (χ2n) is 6.04. The van der Waals surface area contributed by atoms with Crippen LogP contribution in [0.5, 0.6) is 0 Å². The summed E-state index contributed by atoms with van der Waals surface area (Å²) >= 11 is 5.82. The number of halogens is 1. The summed E-state index contributed by atoms with van der Waals surface area (Å²) in [5.74, 6) is -0.532. The van der Waals surface area contributed by atoms with E-state index in [1.165, 1.54) is 35.6 Å². The molecule has 0 atom stereocenters. The maximum absolute atomic E-state index is 12.8. The van der Waals surface area contributed by atoms with Crippen LogP contribution in [0.1, 0.15) is 15.9 Å². The van der Waals surface area contributed by atoms with Gasteiger partial charge in [-0.2, -0.15) is 0 Å². The molecule has 0 saturated carbocycles. The van der Waals surface area contributed by atoms with Crippen molar-refractivity contribution >= 4 is 33.3 Å². The first-order valence-corrected chi connectivity index (χ1v) is 10.3. The molecule has 0 aliphatic heterocycles. The highest BCUT2D eigenvalue weighted by Crippen LogP contribution is 2.22. The van der Waals surface area contributed by atoms with Crippen LogP contribution in [0.3, 0.4) is 0 Å². The van der Waals surface area contributed by atoms with Gasteiger partial charge in [-0.1, -0.05) is 41.9 Å². The van der Waals surface area contributed by atoms with Gasteiger partial charge in [0.2, 0.25) is 0 Å². The highest BCUT2D eigenvalue weighted by atomic mass is 35.5. The zero-order chi connectivity index (χ0) is 20.1. The SMILES string of the molecule is CN(c1ccccc1)S(=O)(=O)c1ccc(C(=O)OCc2ccc(Cl)cc2)cc1. The molecule has 144 valence electrons. The number of hydrogen-bond donors (Lipinski definition) is 0. The van der Waals surface area contributed by atoms with Crippen LogP contribution in [0.4, 0.5) is 5.69 Å². The number of ether oxygens (including phenoxy) is 1. The Bertz CT molecular complexity index is 1050. The summed E-state index contributed by atoms with van der Waals surface area (Å²) in [4.78, 5) is 12.3. The van der Waals surface area contributed by atoms with Gasteiger partial charge in [0.25, 0.3) is 10.0 Å². The second kappa shape index (κ2) is 8.46. The topological polar surface area (TPSA) is 63.7 Å². The highest BCUT2D eigenvalue weighted by Gasteiger charge is 2.21. The summed E-state index contributed by atoms with van der Waals surface area (Å²) in [7, 11) is -2.24. The van der Waals surface area contributed by atoms with E-state index in [1.54, 1.807) is 48.5 Å². The second-order valence-corrected chi connectivity index (χ2v) is 8.44. The summed E-state index contributed by atoms with van der Waals surface area (Å²) in [6.45, 7) is 0.104. The molecule has 0 aliphatic carbocycles. The van der Waals surface area contributed by atoms with E-state index in [1.807, 2.05) is 6.07 Å². The van der Waals surface area contributed by atoms with E-state index in [4.69, 9.17) is 16.3 Å². The fraction of sp³-hybridized carbons (Fsp3) is 0.0952. The zero-order valence-electron chi connectivity index (χ0n) is 15.1. The van der Waals surface area contributed by atoms with Crippen molar-refractivity contribution in [2.45, 2.75) is 11.5 Å². The average Bonchev–Trinajstić information content (AvgIpc) is 2.73. The number of sulfonamides is 1. The molecule has 3 aromatic carbocycles. The third-order valence-electron chi connectivity index (χ3n) is 4.15. The first kappa shape index (κ1) is 19.9. The molecule has 0 spiro atoms. The van der Waals surface area contributed by atoms with Crippen LogP contribution in [0, 0.1) is 0 Å². The summed E-state index contributed by atoms with van der Waals surface area (Å²) in [5, 5.41) is 0.604. The molecule has 0 radical (unpaired) electrons. The molecular formula is C21H18ClNO4S. The largest absolute Gasteiger partial charge is 0.457 e. The number of carbonyl (C=O) groups is 1. The molecule has 28 heavy (non-hydrogen) atoms. The lowest BCUT2D eigenvalue weighted by Crippen LogP contribution is -2.26. The molecule has 5 nitrogen and oxygen atoms in total. The van der Waals surface area contributed by atoms with Crippen molar-refractivity contribution in [2.75, 3.05) is 11.4 Å². The minimum atomic E-state index is -3.73. The number of carbonyl (C=O) groups excluding carboxylic acids is 1. The molecule has 0 bridgehead atoms. The molecule has 0 aromatic heterocycles. The van der Waals surface area contributed by atoms with Gasteiger partial charge < -0.3 is 4.74 Å². The molecule has 3 aromatic rings. The number of hydrogen-bond acceptors (Lipinski definition) is 4. The van der Waals surface area contributed by atoms with Crippen molar-refractivity contribution < 1.29 is 17.9 Å². The first-order valence-electron chi connectivity index (χ1n) is 8.43. The number of para-hydroxylation sites is 1. The summed E-state index contributed by atoms with van der Waals surface area (Å²) in [6.07, 6.45) is 0. The lowest BCUT2D eigenvalue weighted by molar-refractivity contribution is 0.0472. The predicted octanol–water partition coefficient (Wildman–Crippen LogP) is 4.52. The van der Waals surface area contributed by atoms with Crippen molar-refractivity contribution in [2.24, 2.45) is 0 Å². The van der Waals surface area contributed by atoms with Crippen molar-refractivity contribution in [3.8, 4) is 0 Å². The van der Waals surface area contributed by atoms with Gasteiger partial charge in [-0.25, -0.2) is 13.2 Å². The van der Waals surface area contributed by atoms with E-state index in [-0.39, 0.29) is 17.1 Å². The Balaban J connectivity index is 1.70. The van der Waals surface area contributed by atoms with Crippen molar-refractivity contribution in [1.29, 1.82) is 0 Å². The monoisotopic (exact) mass is 415 g/mol. The number of nitrogens with zero attached hydrogens (tertiary/aromatic N) is 1. The van der Waals surface area contributed by atoms with E-state index in [0.29, 0.717) is 10.7 Å². The van der Waals surface area contributed by atoms with Crippen LogP contribution in [-0.4, -0.2) is 21.4 Å². The number of benzene rings is 3. The fourth-order valence-electron chi connectivity index (χ4n) is 2.51. The number of rotatable bonds is 6. The zero-order valence-corrected chi connectivity index (χ0v) is 16.7. The molecule has 0 aliphatic rings. The van der Waals surface area contributed by atoms with Gasteiger partial charge in [-0.15, -0.1) is 0 Å². The summed E-state index contributed by atoms with van der Waals surface area (Å²) in [5.41, 5.74) is 1.63. The molecule has 0 unspecified atom stereocenters. The summed E-state index contributed by atoms with van der Waals surface area (Å²) in [6, 6.07) is 21.4. The molecule has 0 N–H and O–H groups in total. The molecule has 0 fully saturated rings. The van der Waals surface area contributed by atoms with E-state index in [2.05, 4.69) is 0 Å². The molecule has 0 amide bonds. The van der Waals surface area contributed by atoms with E-state index >= 15 is 0 Å². The highest BCUT2D eigenvalue weighted by molar-refractivity contribution is 7.92. The maximum Gasteiger partial charge on any atom is 0.338 e. The van der Waals surface area contributed by atoms with Crippen molar-refractivity contribution in [3.63, 3.8) is 0 Å². The normalized spacial score (nSPS) is 11.1. The molecular weight excluding hydrogens is 398 g/mol. The lowest BCUT2D eigenvalue weighted by Gasteiger charge is -2.19. The van der Waals surface area contributed by atoms with Gasteiger partial charge in [0, 0.05) is 12.1 Å². The van der Waals surface area contributed by atoms with E-state index in [0.717, 1.165) is 5.56 Å². The summed E-state index contributed by atoms with van der Waals surface area (Å²) < 4.78 is 32.0. The Morgan fingerprint density at radius 1 is 0.929 bits per heavy atom. The average molecular weight is 416 g/mol. The van der Waals surface area contributed by atoms with Crippen molar-refractivity contribution in [1.82, 2.24) is 0 Å². The smallest absolute Gasteiger partial charge is 0.338 e. The molecule has 0 saturated heterocycles. The predicted molar refractivity (Wildman–Crippen MR) is 109 cm³/mol. The molecule has 3 rings (SSSR count). The van der Waals surface area contributed by atoms with E-state index < -0.39 is 16.0 Å². The minimum absolute atomic E-state index is 0.0908. The van der Waals surface area contributed by atoms with Gasteiger partial charge in [-0.05, 0) is 54.1 Å². The fourth-order valence-corrected chi connectivity index (χ4v) is 3.83. The van der Waals surface area contributed by atoms with Gasteiger partial charge in [0.15, 0.2) is 0 Å². The molecule has 0 heterocycles. The number of anilines is 1. The number of esters is 1. The van der Waals surface area contributed by atoms with Crippen LogP contribution in [0.15, 0.2) is 83.8 Å². The Labute approximate surface area is 169 Å². The minimum Gasteiger partial charge on any atom is -0.457 e. The van der Waals surface area contributed by atoms with Gasteiger partial charge >= 0.3 is 5.97 Å². The quantitative estimate of drug-likeness (QED) is 0.555. The Hall–Kier alpha value is -2.83. The van der Waals surface area contributed by atoms with Crippen molar-refractivity contribution in [3.05, 3.63) is 95.0 Å². The van der Waals surface area contributed by atoms with Crippen LogP contribution in [-0.2, 0) is 21.4 Å². The van der Waals surface area contributed by atoms with Gasteiger partial charge in [0.05, 0.1) is 16.1 Å². The van der Waals surface area contributed by atoms with Gasteiger partial charge in [0.1, 0.15) is 6.61 Å². The third kappa shape index (κ3) is 4.52. The maximum atomic E-state index is 12.8. The lowest BCUT2D eigenvalue weighted by atomic mass is 10.2. The van der Waals surface area contributed by atoms with Crippen LogP contribution in [0.2, 0.25) is 5.02 Å². The van der Waals surface area contributed by atoms with Crippen LogP contribution < -0.4 is 4.31 Å². The Morgan fingerprint density at radius 2 is 1.54 bits per heavy atom. The Morgan fingerprint density at radius 3 is 2.14 bits per heavy atom. The standard InChI is InChI=1S/C21H18ClNO4S/c1-23(19-5-3-2-4-6-19)28(25,26)20-13-9-17(10-14-20)21(24)27-15-16-7-11-18(22)12-8-16/h2-14H,15H2,1H3.